The number of rotatable bonds is 6. The Morgan fingerprint density at radius 1 is 1.03 bits per heavy atom. The molecule has 1 heterocycles. The van der Waals surface area contributed by atoms with Crippen molar-refractivity contribution in [2.45, 2.75) is 32.4 Å². The van der Waals surface area contributed by atoms with Gasteiger partial charge in [-0.1, -0.05) is 49.7 Å². The summed E-state index contributed by atoms with van der Waals surface area (Å²) in [5.41, 5.74) is 3.92. The van der Waals surface area contributed by atoms with Crippen molar-refractivity contribution in [3.05, 3.63) is 99.6 Å². The Bertz CT molecular complexity index is 1080. The molecule has 1 atom stereocenters. The fourth-order valence-electron chi connectivity index (χ4n) is 3.77. The predicted molar refractivity (Wildman–Crippen MR) is 118 cm³/mol. The third-order valence-corrected chi connectivity index (χ3v) is 5.36. The first kappa shape index (κ1) is 19.6. The summed E-state index contributed by atoms with van der Waals surface area (Å²) in [6, 6.07) is 21.7. The molecule has 152 valence electrons. The number of carbonyl (C=O) groups excluding carboxylic acids is 1. The van der Waals surface area contributed by atoms with E-state index in [0.29, 0.717) is 11.1 Å². The van der Waals surface area contributed by atoms with Crippen molar-refractivity contribution in [3.8, 4) is 0 Å². The zero-order valence-electron chi connectivity index (χ0n) is 16.7. The first-order valence-electron chi connectivity index (χ1n) is 10.1. The number of fused-ring (bicyclic) bond motifs is 1. The zero-order valence-corrected chi connectivity index (χ0v) is 16.7. The number of hydrogen-bond acceptors (Lipinski definition) is 4. The Kier molecular flexibility index (Phi) is 5.48. The summed E-state index contributed by atoms with van der Waals surface area (Å²) in [6.07, 6.45) is 2.70. The average Bonchev–Trinajstić information content (AvgIpc) is 2.78. The van der Waals surface area contributed by atoms with Crippen molar-refractivity contribution in [2.24, 2.45) is 0 Å². The van der Waals surface area contributed by atoms with Gasteiger partial charge in [-0.2, -0.15) is 0 Å². The third-order valence-electron chi connectivity index (χ3n) is 5.36. The largest absolute Gasteiger partial charge is 0.360 e. The van der Waals surface area contributed by atoms with Crippen LogP contribution >= 0.6 is 0 Å². The summed E-state index contributed by atoms with van der Waals surface area (Å²) in [4.78, 5) is 26.0. The van der Waals surface area contributed by atoms with Gasteiger partial charge in [-0.15, -0.1) is 0 Å². The molecule has 30 heavy (non-hydrogen) atoms. The molecular formula is C24H23N3O3. The number of nitrogens with one attached hydrogen (secondary N) is 1. The highest BCUT2D eigenvalue weighted by molar-refractivity contribution is 6.12. The van der Waals surface area contributed by atoms with E-state index in [1.807, 2.05) is 42.5 Å². The summed E-state index contributed by atoms with van der Waals surface area (Å²) >= 11 is 0. The minimum absolute atomic E-state index is 0.00419. The highest BCUT2D eigenvalue weighted by Gasteiger charge is 2.34. The molecule has 3 aromatic carbocycles. The SMILES string of the molecule is CCCCc1ccc(N2C(=O)c3ccccc3N[C@H]2c2cccc([N+](=O)[O-])c2)cc1. The maximum absolute atomic E-state index is 13.4. The van der Waals surface area contributed by atoms with Gasteiger partial charge in [0.2, 0.25) is 0 Å². The highest BCUT2D eigenvalue weighted by atomic mass is 16.6. The number of aryl methyl sites for hydroxylation is 1. The lowest BCUT2D eigenvalue weighted by Crippen LogP contribution is -2.43. The molecule has 0 saturated heterocycles. The lowest BCUT2D eigenvalue weighted by Gasteiger charge is -2.38. The van der Waals surface area contributed by atoms with Gasteiger partial charge in [0.15, 0.2) is 0 Å². The Morgan fingerprint density at radius 3 is 2.53 bits per heavy atom. The van der Waals surface area contributed by atoms with Crippen molar-refractivity contribution in [1.29, 1.82) is 0 Å². The van der Waals surface area contributed by atoms with E-state index in [4.69, 9.17) is 0 Å². The molecule has 0 spiro atoms. The second kappa shape index (κ2) is 8.37. The van der Waals surface area contributed by atoms with Crippen LogP contribution in [0.2, 0.25) is 0 Å². The van der Waals surface area contributed by atoms with E-state index >= 15 is 0 Å². The average molecular weight is 401 g/mol. The molecule has 4 rings (SSSR count). The lowest BCUT2D eigenvalue weighted by molar-refractivity contribution is -0.384. The van der Waals surface area contributed by atoms with Crippen molar-refractivity contribution in [3.63, 3.8) is 0 Å². The number of benzene rings is 3. The highest BCUT2D eigenvalue weighted by Crippen LogP contribution is 2.37. The van der Waals surface area contributed by atoms with Gasteiger partial charge in [0.05, 0.1) is 10.5 Å². The van der Waals surface area contributed by atoms with Crippen LogP contribution in [0.4, 0.5) is 17.1 Å². The van der Waals surface area contributed by atoms with Crippen LogP contribution in [0.3, 0.4) is 0 Å². The number of hydrogen-bond donors (Lipinski definition) is 1. The Labute approximate surface area is 175 Å². The minimum Gasteiger partial charge on any atom is -0.360 e. The second-order valence-electron chi connectivity index (χ2n) is 7.39. The van der Waals surface area contributed by atoms with Crippen LogP contribution in [0, 0.1) is 10.1 Å². The molecule has 6 heteroatoms. The summed E-state index contributed by atoms with van der Waals surface area (Å²) in [7, 11) is 0. The van der Waals surface area contributed by atoms with E-state index < -0.39 is 11.1 Å². The van der Waals surface area contributed by atoms with Crippen LogP contribution in [-0.4, -0.2) is 10.8 Å². The number of unbranched alkanes of at least 4 members (excludes halogenated alkanes) is 1. The van der Waals surface area contributed by atoms with Crippen LogP contribution in [0.15, 0.2) is 72.8 Å². The van der Waals surface area contributed by atoms with E-state index in [1.165, 1.54) is 17.7 Å². The molecule has 0 unspecified atom stereocenters. The van der Waals surface area contributed by atoms with Crippen LogP contribution < -0.4 is 10.2 Å². The maximum Gasteiger partial charge on any atom is 0.269 e. The molecule has 1 aliphatic rings. The normalized spacial score (nSPS) is 15.4. The van der Waals surface area contributed by atoms with Gasteiger partial charge < -0.3 is 5.32 Å². The summed E-state index contributed by atoms with van der Waals surface area (Å²) < 4.78 is 0. The first-order valence-corrected chi connectivity index (χ1v) is 10.1. The molecule has 0 fully saturated rings. The molecule has 0 bridgehead atoms. The Morgan fingerprint density at radius 2 is 1.80 bits per heavy atom. The first-order chi connectivity index (χ1) is 14.6. The van der Waals surface area contributed by atoms with Gasteiger partial charge in [0.25, 0.3) is 11.6 Å². The molecule has 3 aromatic rings. The van der Waals surface area contributed by atoms with Gasteiger partial charge in [0.1, 0.15) is 6.17 Å². The molecule has 0 radical (unpaired) electrons. The third kappa shape index (κ3) is 3.76. The van der Waals surface area contributed by atoms with Crippen LogP contribution in [0.5, 0.6) is 0 Å². The monoisotopic (exact) mass is 401 g/mol. The second-order valence-corrected chi connectivity index (χ2v) is 7.39. The summed E-state index contributed by atoms with van der Waals surface area (Å²) in [5, 5.41) is 14.7. The van der Waals surface area contributed by atoms with Crippen molar-refractivity contribution in [1.82, 2.24) is 0 Å². The fourth-order valence-corrected chi connectivity index (χ4v) is 3.77. The summed E-state index contributed by atoms with van der Waals surface area (Å²) in [6.45, 7) is 2.16. The fraction of sp³-hybridized carbons (Fsp3) is 0.208. The zero-order chi connectivity index (χ0) is 21.1. The number of nitro benzene ring substituents is 1. The molecule has 1 amide bonds. The number of amides is 1. The standard InChI is InChI=1S/C24H23N3O3/c1-2-3-7-17-12-14-19(15-13-17)26-23(18-8-6-9-20(16-18)27(29)30)25-22-11-5-4-10-21(22)24(26)28/h4-6,8-16,23,25H,2-3,7H2,1H3/t23-/m1/s1. The molecule has 0 aliphatic carbocycles. The number of anilines is 2. The molecule has 1 N–H and O–H groups in total. The van der Waals surface area contributed by atoms with Gasteiger partial charge >= 0.3 is 0 Å². The van der Waals surface area contributed by atoms with Gasteiger partial charge in [-0.3, -0.25) is 19.8 Å². The molecule has 0 aromatic heterocycles. The maximum atomic E-state index is 13.4. The molecule has 1 aliphatic heterocycles. The number of para-hydroxylation sites is 1. The van der Waals surface area contributed by atoms with E-state index in [0.717, 1.165) is 30.6 Å². The number of nitrogens with zero attached hydrogens (tertiary/aromatic N) is 2. The van der Waals surface area contributed by atoms with E-state index in [1.54, 1.807) is 23.1 Å². The van der Waals surface area contributed by atoms with Gasteiger partial charge in [0, 0.05) is 29.1 Å². The smallest absolute Gasteiger partial charge is 0.269 e. The van der Waals surface area contributed by atoms with Gasteiger partial charge in [-0.25, -0.2) is 0 Å². The van der Waals surface area contributed by atoms with Crippen molar-refractivity contribution < 1.29 is 9.72 Å². The van der Waals surface area contributed by atoms with Crippen molar-refractivity contribution >= 4 is 23.0 Å². The summed E-state index contributed by atoms with van der Waals surface area (Å²) in [5.74, 6) is -0.137. The lowest BCUT2D eigenvalue weighted by atomic mass is 10.0. The molecular weight excluding hydrogens is 378 g/mol. The van der Waals surface area contributed by atoms with E-state index in [-0.39, 0.29) is 11.6 Å². The predicted octanol–water partition coefficient (Wildman–Crippen LogP) is 5.71. The van der Waals surface area contributed by atoms with Crippen molar-refractivity contribution in [2.75, 3.05) is 10.2 Å². The van der Waals surface area contributed by atoms with Crippen LogP contribution in [0.1, 0.15) is 47.4 Å². The topological polar surface area (TPSA) is 75.5 Å². The number of nitro groups is 1. The minimum atomic E-state index is -0.547. The number of carbonyl (C=O) groups is 1. The van der Waals surface area contributed by atoms with E-state index in [9.17, 15) is 14.9 Å². The molecule has 0 saturated carbocycles. The Balaban J connectivity index is 1.77. The Hall–Kier alpha value is -3.67. The molecule has 6 nitrogen and oxygen atoms in total. The van der Waals surface area contributed by atoms with Gasteiger partial charge in [-0.05, 0) is 42.7 Å². The quantitative estimate of drug-likeness (QED) is 0.424. The number of non-ortho nitro benzene ring substituents is 1. The van der Waals surface area contributed by atoms with Crippen LogP contribution in [-0.2, 0) is 6.42 Å². The van der Waals surface area contributed by atoms with Crippen LogP contribution in [0.25, 0.3) is 0 Å². The van der Waals surface area contributed by atoms with E-state index in [2.05, 4.69) is 12.2 Å².